The van der Waals surface area contributed by atoms with E-state index < -0.39 is 0 Å². The number of nitrogens with zero attached hydrogens (tertiary/aromatic N) is 2. The molecule has 0 radical (unpaired) electrons. The molecular weight excluding hydrogens is 258 g/mol. The fourth-order valence-corrected chi connectivity index (χ4v) is 2.31. The average Bonchev–Trinajstić information content (AvgIpc) is 2.36. The van der Waals surface area contributed by atoms with Gasteiger partial charge in [-0.1, -0.05) is 6.42 Å². The summed E-state index contributed by atoms with van der Waals surface area (Å²) < 4.78 is 0. The van der Waals surface area contributed by atoms with Gasteiger partial charge in [-0.15, -0.1) is 0 Å². The molecule has 1 aliphatic heterocycles. The van der Waals surface area contributed by atoms with E-state index in [0.29, 0.717) is 0 Å². The Bertz CT molecular complexity index is 352. The predicted molar refractivity (Wildman–Crippen MR) is 76.9 cm³/mol. The van der Waals surface area contributed by atoms with Gasteiger partial charge in [0.15, 0.2) is 0 Å². The van der Waals surface area contributed by atoms with Crippen molar-refractivity contribution in [2.45, 2.75) is 51.6 Å². The zero-order chi connectivity index (χ0) is 15.3. The van der Waals surface area contributed by atoms with Crippen LogP contribution < -0.4 is 5.32 Å². The molecular formula is C14H27N3O3. The normalized spacial score (nSPS) is 20.6. The van der Waals surface area contributed by atoms with Gasteiger partial charge in [0.05, 0.1) is 19.7 Å². The molecule has 6 nitrogen and oxygen atoms in total. The quantitative estimate of drug-likeness (QED) is 0.775. The summed E-state index contributed by atoms with van der Waals surface area (Å²) in [4.78, 5) is 31.1. The Kier molecular flexibility index (Phi) is 5.95. The van der Waals surface area contributed by atoms with Crippen LogP contribution in [-0.2, 0) is 14.4 Å². The number of piperidine rings is 1. The summed E-state index contributed by atoms with van der Waals surface area (Å²) in [5, 5.41) is 4.20. The Morgan fingerprint density at radius 1 is 1.35 bits per heavy atom. The van der Waals surface area contributed by atoms with Gasteiger partial charge >= 0.3 is 0 Å². The van der Waals surface area contributed by atoms with E-state index in [0.717, 1.165) is 25.8 Å². The van der Waals surface area contributed by atoms with Gasteiger partial charge in [-0.3, -0.25) is 19.3 Å². The minimum Gasteiger partial charge on any atom is -0.350 e. The summed E-state index contributed by atoms with van der Waals surface area (Å²) in [7, 11) is 3.04. The molecule has 6 heteroatoms. The van der Waals surface area contributed by atoms with E-state index in [1.165, 1.54) is 12.2 Å². The zero-order valence-corrected chi connectivity index (χ0v) is 13.2. The van der Waals surface area contributed by atoms with E-state index in [-0.39, 0.29) is 29.9 Å². The second-order valence-corrected chi connectivity index (χ2v) is 6.30. The van der Waals surface area contributed by atoms with Gasteiger partial charge in [-0.05, 0) is 40.2 Å². The summed E-state index contributed by atoms with van der Waals surface area (Å²) in [5.74, 6) is -0.131. The van der Waals surface area contributed by atoms with Gasteiger partial charge < -0.3 is 5.32 Å². The highest BCUT2D eigenvalue weighted by molar-refractivity contribution is 5.84. The van der Waals surface area contributed by atoms with Crippen molar-refractivity contribution >= 4 is 11.8 Å². The minimum atomic E-state index is -0.256. The molecule has 1 saturated heterocycles. The lowest BCUT2D eigenvalue weighted by Gasteiger charge is -2.36. The summed E-state index contributed by atoms with van der Waals surface area (Å²) in [6.07, 6.45) is 2.84. The SMILES string of the molecule is CON(C)C(=O)CN1CCCC[C@@H]1C(=O)NC(C)(C)C. The number of hydrogen-bond acceptors (Lipinski definition) is 4. The van der Waals surface area contributed by atoms with Crippen LogP contribution in [0.1, 0.15) is 40.0 Å². The molecule has 20 heavy (non-hydrogen) atoms. The monoisotopic (exact) mass is 285 g/mol. The molecule has 1 rings (SSSR count). The van der Waals surface area contributed by atoms with Crippen molar-refractivity contribution < 1.29 is 14.4 Å². The number of likely N-dealkylation sites (N-methyl/N-ethyl adjacent to an activating group) is 1. The molecule has 0 unspecified atom stereocenters. The standard InChI is InChI=1S/C14H27N3O3/c1-14(2,3)15-13(19)11-8-6-7-9-17(11)10-12(18)16(4)20-5/h11H,6-10H2,1-5H3,(H,15,19)/t11-/m1/s1. The third-order valence-electron chi connectivity index (χ3n) is 3.38. The van der Waals surface area contributed by atoms with Gasteiger partial charge in [0, 0.05) is 12.6 Å². The molecule has 1 atom stereocenters. The molecule has 0 aromatic rings. The molecule has 1 N–H and O–H groups in total. The van der Waals surface area contributed by atoms with Crippen molar-refractivity contribution in [2.75, 3.05) is 27.2 Å². The van der Waals surface area contributed by atoms with Crippen LogP contribution in [-0.4, -0.2) is 60.6 Å². The van der Waals surface area contributed by atoms with Crippen molar-refractivity contribution in [1.82, 2.24) is 15.3 Å². The van der Waals surface area contributed by atoms with Crippen molar-refractivity contribution in [1.29, 1.82) is 0 Å². The number of hydroxylamine groups is 2. The molecule has 0 saturated carbocycles. The van der Waals surface area contributed by atoms with E-state index in [1.54, 1.807) is 7.05 Å². The Labute approximate surface area is 121 Å². The zero-order valence-electron chi connectivity index (χ0n) is 13.2. The number of nitrogens with one attached hydrogen (secondary N) is 1. The molecule has 0 bridgehead atoms. The summed E-state index contributed by atoms with van der Waals surface area (Å²) in [5.41, 5.74) is -0.256. The average molecular weight is 285 g/mol. The molecule has 0 aliphatic carbocycles. The largest absolute Gasteiger partial charge is 0.350 e. The van der Waals surface area contributed by atoms with Crippen molar-refractivity contribution in [2.24, 2.45) is 0 Å². The number of hydrogen-bond donors (Lipinski definition) is 1. The fourth-order valence-electron chi connectivity index (χ4n) is 2.31. The van der Waals surface area contributed by atoms with Crippen LogP contribution in [0.5, 0.6) is 0 Å². The number of likely N-dealkylation sites (tertiary alicyclic amines) is 1. The highest BCUT2D eigenvalue weighted by Crippen LogP contribution is 2.18. The highest BCUT2D eigenvalue weighted by atomic mass is 16.7. The van der Waals surface area contributed by atoms with E-state index in [4.69, 9.17) is 4.84 Å². The van der Waals surface area contributed by atoms with Crippen LogP contribution >= 0.6 is 0 Å². The Balaban J connectivity index is 2.67. The lowest BCUT2D eigenvalue weighted by atomic mass is 9.99. The fraction of sp³-hybridized carbons (Fsp3) is 0.857. The van der Waals surface area contributed by atoms with Gasteiger partial charge in [0.2, 0.25) is 5.91 Å². The molecule has 0 aromatic heterocycles. The first-order valence-corrected chi connectivity index (χ1v) is 7.11. The maximum Gasteiger partial charge on any atom is 0.260 e. The van der Waals surface area contributed by atoms with Crippen molar-refractivity contribution in [3.63, 3.8) is 0 Å². The van der Waals surface area contributed by atoms with Crippen molar-refractivity contribution in [3.05, 3.63) is 0 Å². The number of rotatable bonds is 4. The number of carbonyl (C=O) groups excluding carboxylic acids is 2. The topological polar surface area (TPSA) is 61.9 Å². The van der Waals surface area contributed by atoms with E-state index in [1.807, 2.05) is 25.7 Å². The molecule has 0 aromatic carbocycles. The Hall–Kier alpha value is -1.14. The van der Waals surface area contributed by atoms with Gasteiger partial charge in [0.1, 0.15) is 0 Å². The van der Waals surface area contributed by atoms with Crippen LogP contribution in [0.4, 0.5) is 0 Å². The molecule has 116 valence electrons. The lowest BCUT2D eigenvalue weighted by molar-refractivity contribution is -0.170. The highest BCUT2D eigenvalue weighted by Gasteiger charge is 2.32. The molecule has 1 aliphatic rings. The summed E-state index contributed by atoms with van der Waals surface area (Å²) in [6.45, 7) is 6.86. The summed E-state index contributed by atoms with van der Waals surface area (Å²) >= 11 is 0. The van der Waals surface area contributed by atoms with Crippen LogP contribution in [0.2, 0.25) is 0 Å². The number of amides is 2. The van der Waals surface area contributed by atoms with E-state index >= 15 is 0 Å². The molecule has 1 heterocycles. The maximum atomic E-state index is 12.3. The Morgan fingerprint density at radius 2 is 2.00 bits per heavy atom. The second-order valence-electron chi connectivity index (χ2n) is 6.30. The second kappa shape index (κ2) is 7.04. The van der Waals surface area contributed by atoms with Gasteiger partial charge in [0.25, 0.3) is 5.91 Å². The minimum absolute atomic E-state index is 0.00469. The molecule has 1 fully saturated rings. The predicted octanol–water partition coefficient (Wildman–Crippen LogP) is 0.775. The third-order valence-corrected chi connectivity index (χ3v) is 3.38. The van der Waals surface area contributed by atoms with Gasteiger partial charge in [-0.2, -0.15) is 0 Å². The van der Waals surface area contributed by atoms with Crippen LogP contribution in [0.15, 0.2) is 0 Å². The molecule has 0 spiro atoms. The molecule has 2 amide bonds. The summed E-state index contributed by atoms with van der Waals surface area (Å²) in [6, 6.07) is -0.225. The number of carbonyl (C=O) groups is 2. The lowest BCUT2D eigenvalue weighted by Crippen LogP contribution is -2.55. The van der Waals surface area contributed by atoms with Crippen LogP contribution in [0, 0.1) is 0 Å². The van der Waals surface area contributed by atoms with Crippen molar-refractivity contribution in [3.8, 4) is 0 Å². The first-order chi connectivity index (χ1) is 9.24. The first kappa shape index (κ1) is 16.9. The van der Waals surface area contributed by atoms with E-state index in [9.17, 15) is 9.59 Å². The van der Waals surface area contributed by atoms with Crippen LogP contribution in [0.3, 0.4) is 0 Å². The van der Waals surface area contributed by atoms with Gasteiger partial charge in [-0.25, -0.2) is 5.06 Å². The first-order valence-electron chi connectivity index (χ1n) is 7.11. The smallest absolute Gasteiger partial charge is 0.260 e. The maximum absolute atomic E-state index is 12.3. The third kappa shape index (κ3) is 5.09. The van der Waals surface area contributed by atoms with Crippen LogP contribution in [0.25, 0.3) is 0 Å². The van der Waals surface area contributed by atoms with E-state index in [2.05, 4.69) is 5.32 Å². The Morgan fingerprint density at radius 3 is 2.55 bits per heavy atom.